The van der Waals surface area contributed by atoms with Crippen LogP contribution < -0.4 is 8.92 Å². The molecule has 0 saturated carbocycles. The lowest BCUT2D eigenvalue weighted by Gasteiger charge is -2.14. The molecule has 3 rings (SSSR count). The van der Waals surface area contributed by atoms with E-state index < -0.39 is 10.1 Å². The number of hydrogen-bond acceptors (Lipinski definition) is 6. The smallest absolute Gasteiger partial charge is 0.339 e. The van der Waals surface area contributed by atoms with Crippen molar-refractivity contribution in [2.24, 2.45) is 0 Å². The summed E-state index contributed by atoms with van der Waals surface area (Å²) in [5.74, 6) is 0.670. The van der Waals surface area contributed by atoms with Crippen molar-refractivity contribution in [3.63, 3.8) is 0 Å². The molecule has 0 fully saturated rings. The molecule has 8 heteroatoms. The van der Waals surface area contributed by atoms with Gasteiger partial charge in [-0.3, -0.25) is 0 Å². The molecule has 0 bridgehead atoms. The third-order valence-corrected chi connectivity index (χ3v) is 5.20. The Labute approximate surface area is 162 Å². The molecule has 6 nitrogen and oxygen atoms in total. The molecule has 27 heavy (non-hydrogen) atoms. The van der Waals surface area contributed by atoms with Gasteiger partial charge in [-0.05, 0) is 41.8 Å². The summed E-state index contributed by atoms with van der Waals surface area (Å²) >= 11 is 5.80. The van der Waals surface area contributed by atoms with Crippen LogP contribution in [0.5, 0.6) is 17.4 Å². The zero-order valence-electron chi connectivity index (χ0n) is 14.7. The number of hydrogen-bond donors (Lipinski definition) is 0. The summed E-state index contributed by atoms with van der Waals surface area (Å²) < 4.78 is 36.1. The summed E-state index contributed by atoms with van der Waals surface area (Å²) in [5, 5.41) is 8.07. The number of rotatable bonds is 6. The molecule has 0 aliphatic carbocycles. The Hall–Kier alpha value is -2.64. The standard InChI is InChI=1S/C19H17ClN2O4S/c1-13(2)16-5-3-4-6-17(16)25-19-18(11-12-21-22-19)26-27(23,24)15-9-7-14(20)8-10-15/h3-13H,1-2H3. The Morgan fingerprint density at radius 1 is 0.963 bits per heavy atom. The van der Waals surface area contributed by atoms with Crippen LogP contribution in [0.3, 0.4) is 0 Å². The van der Waals surface area contributed by atoms with Crippen molar-refractivity contribution >= 4 is 21.7 Å². The number of halogens is 1. The first-order chi connectivity index (χ1) is 12.9. The summed E-state index contributed by atoms with van der Waals surface area (Å²) in [5.41, 5.74) is 0.953. The van der Waals surface area contributed by atoms with Crippen molar-refractivity contribution in [3.05, 3.63) is 71.4 Å². The van der Waals surface area contributed by atoms with E-state index in [0.29, 0.717) is 10.8 Å². The summed E-state index contributed by atoms with van der Waals surface area (Å²) in [6, 6.07) is 14.5. The van der Waals surface area contributed by atoms with Crippen LogP contribution in [0.4, 0.5) is 0 Å². The van der Waals surface area contributed by atoms with E-state index in [2.05, 4.69) is 10.2 Å². The fourth-order valence-corrected chi connectivity index (χ4v) is 3.42. The van der Waals surface area contributed by atoms with Crippen LogP contribution in [0.25, 0.3) is 0 Å². The van der Waals surface area contributed by atoms with Crippen molar-refractivity contribution in [1.82, 2.24) is 10.2 Å². The molecule has 2 aromatic carbocycles. The number of benzene rings is 2. The molecule has 0 atom stereocenters. The highest BCUT2D eigenvalue weighted by Crippen LogP contribution is 2.34. The van der Waals surface area contributed by atoms with E-state index in [4.69, 9.17) is 20.5 Å². The van der Waals surface area contributed by atoms with Crippen molar-refractivity contribution in [2.45, 2.75) is 24.7 Å². The van der Waals surface area contributed by atoms with Crippen molar-refractivity contribution in [2.75, 3.05) is 0 Å². The number of nitrogens with zero attached hydrogens (tertiary/aromatic N) is 2. The van der Waals surface area contributed by atoms with Crippen LogP contribution in [0, 0.1) is 0 Å². The van der Waals surface area contributed by atoms with Crippen LogP contribution in [0.15, 0.2) is 65.7 Å². The minimum Gasteiger partial charge on any atom is -0.435 e. The first kappa shape index (κ1) is 19.1. The maximum absolute atomic E-state index is 12.5. The first-order valence-electron chi connectivity index (χ1n) is 8.15. The van der Waals surface area contributed by atoms with Gasteiger partial charge >= 0.3 is 10.1 Å². The average molecular weight is 405 g/mol. The van der Waals surface area contributed by atoms with E-state index in [9.17, 15) is 8.42 Å². The van der Waals surface area contributed by atoms with Gasteiger partial charge in [0.05, 0.1) is 6.20 Å². The molecule has 3 aromatic rings. The van der Waals surface area contributed by atoms with E-state index in [-0.39, 0.29) is 22.4 Å². The van der Waals surface area contributed by atoms with Crippen LogP contribution >= 0.6 is 11.6 Å². The second-order valence-corrected chi connectivity index (χ2v) is 7.97. The molecule has 0 spiro atoms. The Balaban J connectivity index is 1.92. The van der Waals surface area contributed by atoms with Crippen LogP contribution in [-0.4, -0.2) is 18.6 Å². The fraction of sp³-hybridized carbons (Fsp3) is 0.158. The molecule has 1 heterocycles. The van der Waals surface area contributed by atoms with Gasteiger partial charge in [-0.1, -0.05) is 43.6 Å². The zero-order chi connectivity index (χ0) is 19.4. The molecule has 0 saturated heterocycles. The first-order valence-corrected chi connectivity index (χ1v) is 9.94. The largest absolute Gasteiger partial charge is 0.435 e. The van der Waals surface area contributed by atoms with Gasteiger partial charge in [0.2, 0.25) is 5.75 Å². The van der Waals surface area contributed by atoms with Gasteiger partial charge in [0.15, 0.2) is 0 Å². The molecule has 0 N–H and O–H groups in total. The molecule has 1 aromatic heterocycles. The van der Waals surface area contributed by atoms with Crippen molar-refractivity contribution in [3.8, 4) is 17.4 Å². The lowest BCUT2D eigenvalue weighted by Crippen LogP contribution is -2.11. The number of ether oxygens (including phenoxy) is 1. The predicted octanol–water partition coefficient (Wildman–Crippen LogP) is 4.81. The van der Waals surface area contributed by atoms with Gasteiger partial charge in [-0.2, -0.15) is 13.5 Å². The summed E-state index contributed by atoms with van der Waals surface area (Å²) in [6.45, 7) is 4.06. The van der Waals surface area contributed by atoms with Crippen molar-refractivity contribution in [1.29, 1.82) is 0 Å². The minimum atomic E-state index is -4.08. The van der Waals surface area contributed by atoms with Gasteiger partial charge in [0.25, 0.3) is 5.88 Å². The van der Waals surface area contributed by atoms with Gasteiger partial charge in [-0.15, -0.1) is 5.10 Å². The van der Waals surface area contributed by atoms with Crippen LogP contribution in [-0.2, 0) is 10.1 Å². The van der Waals surface area contributed by atoms with Crippen LogP contribution in [0.1, 0.15) is 25.3 Å². The zero-order valence-corrected chi connectivity index (χ0v) is 16.2. The molecule has 0 radical (unpaired) electrons. The Morgan fingerprint density at radius 3 is 2.37 bits per heavy atom. The highest BCUT2D eigenvalue weighted by molar-refractivity contribution is 7.87. The monoisotopic (exact) mass is 404 g/mol. The lowest BCUT2D eigenvalue weighted by atomic mass is 10.0. The second kappa shape index (κ2) is 7.94. The minimum absolute atomic E-state index is 0.0303. The second-order valence-electron chi connectivity index (χ2n) is 5.99. The predicted molar refractivity (Wildman–Crippen MR) is 102 cm³/mol. The van der Waals surface area contributed by atoms with Gasteiger partial charge in [0, 0.05) is 11.1 Å². The lowest BCUT2D eigenvalue weighted by molar-refractivity contribution is 0.410. The molecule has 0 unspecified atom stereocenters. The number of para-hydroxylation sites is 1. The highest BCUT2D eigenvalue weighted by Gasteiger charge is 2.21. The van der Waals surface area contributed by atoms with Crippen LogP contribution in [0.2, 0.25) is 5.02 Å². The summed E-state index contributed by atoms with van der Waals surface area (Å²) in [7, 11) is -4.08. The van der Waals surface area contributed by atoms with Gasteiger partial charge in [-0.25, -0.2) is 0 Å². The fourth-order valence-electron chi connectivity index (χ4n) is 2.36. The molecule has 0 aliphatic rings. The van der Waals surface area contributed by atoms with Gasteiger partial charge in [0.1, 0.15) is 10.6 Å². The third-order valence-electron chi connectivity index (χ3n) is 3.70. The molecular weight excluding hydrogens is 388 g/mol. The molecule has 0 aliphatic heterocycles. The van der Waals surface area contributed by atoms with Crippen molar-refractivity contribution < 1.29 is 17.3 Å². The summed E-state index contributed by atoms with van der Waals surface area (Å²) in [4.78, 5) is -0.0303. The number of aromatic nitrogens is 2. The third kappa shape index (κ3) is 4.56. The Morgan fingerprint density at radius 2 is 1.67 bits per heavy atom. The van der Waals surface area contributed by atoms with Gasteiger partial charge < -0.3 is 8.92 Å². The van der Waals surface area contributed by atoms with E-state index in [1.165, 1.54) is 36.5 Å². The van der Waals surface area contributed by atoms with E-state index >= 15 is 0 Å². The quantitative estimate of drug-likeness (QED) is 0.548. The van der Waals surface area contributed by atoms with E-state index in [1.54, 1.807) is 6.07 Å². The Bertz CT molecular complexity index is 1040. The van der Waals surface area contributed by atoms with E-state index in [1.807, 2.05) is 32.0 Å². The molecular formula is C19H17ClN2O4S. The maximum Gasteiger partial charge on any atom is 0.339 e. The SMILES string of the molecule is CC(C)c1ccccc1Oc1nnccc1OS(=O)(=O)c1ccc(Cl)cc1. The normalized spacial score (nSPS) is 11.4. The molecule has 0 amide bonds. The van der Waals surface area contributed by atoms with E-state index in [0.717, 1.165) is 5.56 Å². The highest BCUT2D eigenvalue weighted by atomic mass is 35.5. The topological polar surface area (TPSA) is 78.4 Å². The molecule has 140 valence electrons. The Kier molecular flexibility index (Phi) is 5.62. The maximum atomic E-state index is 12.5. The summed E-state index contributed by atoms with van der Waals surface area (Å²) in [6.07, 6.45) is 1.33. The average Bonchev–Trinajstić information content (AvgIpc) is 2.64.